The second-order valence-electron chi connectivity index (χ2n) is 5.37. The summed E-state index contributed by atoms with van der Waals surface area (Å²) in [5.74, 6) is -0.587. The first kappa shape index (κ1) is 15.4. The molecule has 0 spiro atoms. The maximum absolute atomic E-state index is 13.5. The highest BCUT2D eigenvalue weighted by Gasteiger charge is 2.22. The number of hydrogen-bond donors (Lipinski definition) is 2. The molecule has 0 fully saturated rings. The molecular formula is C14H20FNO3. The van der Waals surface area contributed by atoms with E-state index in [0.29, 0.717) is 5.56 Å². The summed E-state index contributed by atoms with van der Waals surface area (Å²) in [5, 5.41) is 12.5. The summed E-state index contributed by atoms with van der Waals surface area (Å²) in [6.45, 7) is 5.38. The molecule has 0 aliphatic carbocycles. The number of rotatable bonds is 4. The van der Waals surface area contributed by atoms with Crippen LogP contribution in [0.2, 0.25) is 0 Å². The van der Waals surface area contributed by atoms with Crippen LogP contribution in [0.25, 0.3) is 0 Å². The molecular weight excluding hydrogens is 249 g/mol. The molecule has 0 radical (unpaired) electrons. The van der Waals surface area contributed by atoms with Crippen LogP contribution in [-0.4, -0.2) is 24.7 Å². The third-order valence-corrected chi connectivity index (χ3v) is 2.70. The fourth-order valence-electron chi connectivity index (χ4n) is 1.46. The van der Waals surface area contributed by atoms with E-state index in [4.69, 9.17) is 4.74 Å². The molecule has 0 saturated heterocycles. The molecule has 2 N–H and O–H groups in total. The molecule has 0 bridgehead atoms. The Morgan fingerprint density at radius 1 is 1.47 bits per heavy atom. The molecule has 1 amide bonds. The first-order chi connectivity index (χ1) is 8.75. The van der Waals surface area contributed by atoms with Gasteiger partial charge in [0, 0.05) is 12.0 Å². The zero-order chi connectivity index (χ0) is 14.6. The lowest BCUT2D eigenvalue weighted by molar-refractivity contribution is -0.128. The molecule has 0 aliphatic rings. The summed E-state index contributed by atoms with van der Waals surface area (Å²) < 4.78 is 18.3. The molecule has 4 nitrogen and oxygen atoms in total. The van der Waals surface area contributed by atoms with Crippen molar-refractivity contribution in [3.05, 3.63) is 29.6 Å². The maximum Gasteiger partial charge on any atom is 0.225 e. The van der Waals surface area contributed by atoms with Crippen molar-refractivity contribution < 1.29 is 19.0 Å². The van der Waals surface area contributed by atoms with Crippen LogP contribution in [-0.2, 0) is 4.79 Å². The minimum Gasteiger partial charge on any atom is -0.494 e. The number of nitrogens with one attached hydrogen (secondary N) is 1. The molecule has 0 aliphatic heterocycles. The van der Waals surface area contributed by atoms with Crippen LogP contribution in [0.1, 0.15) is 32.4 Å². The molecule has 1 atom stereocenters. The van der Waals surface area contributed by atoms with Gasteiger partial charge in [0.2, 0.25) is 5.91 Å². The summed E-state index contributed by atoms with van der Waals surface area (Å²) >= 11 is 0. The van der Waals surface area contributed by atoms with Crippen molar-refractivity contribution in [3.63, 3.8) is 0 Å². The summed E-state index contributed by atoms with van der Waals surface area (Å²) in [7, 11) is 1.37. The molecule has 1 rings (SSSR count). The van der Waals surface area contributed by atoms with Gasteiger partial charge in [-0.25, -0.2) is 4.39 Å². The van der Waals surface area contributed by atoms with E-state index >= 15 is 0 Å². The van der Waals surface area contributed by atoms with Crippen LogP contribution in [0, 0.1) is 11.2 Å². The Balaban J connectivity index is 2.66. The molecule has 0 heterocycles. The topological polar surface area (TPSA) is 58.6 Å². The average molecular weight is 269 g/mol. The molecule has 19 heavy (non-hydrogen) atoms. The standard InChI is InChI=1S/C14H20FNO3/c1-14(2,3)13(18)16-8-11(17)9-5-6-12(19-4)10(15)7-9/h5-7,11,17H,8H2,1-4H3,(H,16,18). The van der Waals surface area contributed by atoms with Crippen molar-refractivity contribution in [2.24, 2.45) is 5.41 Å². The number of methoxy groups -OCH3 is 1. The van der Waals surface area contributed by atoms with Gasteiger partial charge in [-0.2, -0.15) is 0 Å². The third kappa shape index (κ3) is 4.21. The zero-order valence-electron chi connectivity index (χ0n) is 11.7. The van der Waals surface area contributed by atoms with Gasteiger partial charge in [-0.05, 0) is 17.7 Å². The smallest absolute Gasteiger partial charge is 0.225 e. The number of carbonyl (C=O) groups is 1. The second kappa shape index (κ2) is 6.02. The normalized spacial score (nSPS) is 12.9. The van der Waals surface area contributed by atoms with E-state index in [1.165, 1.54) is 19.2 Å². The molecule has 1 aromatic carbocycles. The molecule has 1 aromatic rings. The number of amides is 1. The third-order valence-electron chi connectivity index (χ3n) is 2.70. The molecule has 106 valence electrons. The quantitative estimate of drug-likeness (QED) is 0.879. The summed E-state index contributed by atoms with van der Waals surface area (Å²) in [6.07, 6.45) is -0.952. The number of hydrogen-bond acceptors (Lipinski definition) is 3. The number of halogens is 1. The van der Waals surface area contributed by atoms with Gasteiger partial charge in [-0.1, -0.05) is 26.8 Å². The van der Waals surface area contributed by atoms with Gasteiger partial charge in [-0.3, -0.25) is 4.79 Å². The Bertz CT molecular complexity index is 454. The first-order valence-corrected chi connectivity index (χ1v) is 6.05. The van der Waals surface area contributed by atoms with E-state index in [2.05, 4.69) is 5.32 Å². The van der Waals surface area contributed by atoms with E-state index in [9.17, 15) is 14.3 Å². The molecule has 0 saturated carbocycles. The summed E-state index contributed by atoms with van der Waals surface area (Å²) in [4.78, 5) is 11.7. The van der Waals surface area contributed by atoms with Gasteiger partial charge in [0.15, 0.2) is 11.6 Å². The lowest BCUT2D eigenvalue weighted by Gasteiger charge is -2.19. The fraction of sp³-hybridized carbons (Fsp3) is 0.500. The monoisotopic (exact) mass is 269 g/mol. The van der Waals surface area contributed by atoms with E-state index in [1.807, 2.05) is 0 Å². The second-order valence-corrected chi connectivity index (χ2v) is 5.37. The lowest BCUT2D eigenvalue weighted by atomic mass is 9.95. The number of ether oxygens (including phenoxy) is 1. The lowest BCUT2D eigenvalue weighted by Crippen LogP contribution is -2.37. The van der Waals surface area contributed by atoms with Crippen molar-refractivity contribution in [3.8, 4) is 5.75 Å². The zero-order valence-corrected chi connectivity index (χ0v) is 11.7. The molecule has 0 aromatic heterocycles. The van der Waals surface area contributed by atoms with Crippen LogP contribution < -0.4 is 10.1 Å². The van der Waals surface area contributed by atoms with Gasteiger partial charge in [0.25, 0.3) is 0 Å². The highest BCUT2D eigenvalue weighted by atomic mass is 19.1. The van der Waals surface area contributed by atoms with Crippen LogP contribution in [0.4, 0.5) is 4.39 Å². The Morgan fingerprint density at radius 2 is 2.11 bits per heavy atom. The number of aliphatic hydroxyl groups excluding tert-OH is 1. The fourth-order valence-corrected chi connectivity index (χ4v) is 1.46. The Labute approximate surface area is 112 Å². The van der Waals surface area contributed by atoms with Crippen molar-refractivity contribution >= 4 is 5.91 Å². The van der Waals surface area contributed by atoms with Crippen molar-refractivity contribution in [2.45, 2.75) is 26.9 Å². The van der Waals surface area contributed by atoms with Crippen molar-refractivity contribution in [2.75, 3.05) is 13.7 Å². The number of carbonyl (C=O) groups excluding carboxylic acids is 1. The summed E-state index contributed by atoms with van der Waals surface area (Å²) in [5.41, 5.74) is -0.127. The van der Waals surface area contributed by atoms with Gasteiger partial charge in [-0.15, -0.1) is 0 Å². The van der Waals surface area contributed by atoms with Gasteiger partial charge < -0.3 is 15.2 Å². The van der Waals surface area contributed by atoms with E-state index < -0.39 is 17.3 Å². The molecule has 1 unspecified atom stereocenters. The Hall–Kier alpha value is -1.62. The minimum absolute atomic E-state index is 0.0435. The van der Waals surface area contributed by atoms with Crippen LogP contribution in [0.3, 0.4) is 0 Å². The largest absolute Gasteiger partial charge is 0.494 e. The SMILES string of the molecule is COc1ccc(C(O)CNC(=O)C(C)(C)C)cc1F. The average Bonchev–Trinajstić information content (AvgIpc) is 2.34. The van der Waals surface area contributed by atoms with Crippen LogP contribution >= 0.6 is 0 Å². The van der Waals surface area contributed by atoms with Crippen molar-refractivity contribution in [1.29, 1.82) is 0 Å². The number of aliphatic hydroxyl groups is 1. The highest BCUT2D eigenvalue weighted by molar-refractivity contribution is 5.81. The van der Waals surface area contributed by atoms with Gasteiger partial charge >= 0.3 is 0 Å². The van der Waals surface area contributed by atoms with Gasteiger partial charge in [0.1, 0.15) is 0 Å². The first-order valence-electron chi connectivity index (χ1n) is 6.05. The summed E-state index contributed by atoms with van der Waals surface area (Å²) in [6, 6.07) is 4.21. The van der Waals surface area contributed by atoms with Gasteiger partial charge in [0.05, 0.1) is 13.2 Å². The van der Waals surface area contributed by atoms with E-state index in [1.54, 1.807) is 26.8 Å². The maximum atomic E-state index is 13.5. The van der Waals surface area contributed by atoms with Crippen LogP contribution in [0.15, 0.2) is 18.2 Å². The minimum atomic E-state index is -0.952. The Morgan fingerprint density at radius 3 is 2.58 bits per heavy atom. The number of benzene rings is 1. The van der Waals surface area contributed by atoms with E-state index in [0.717, 1.165) is 0 Å². The highest BCUT2D eigenvalue weighted by Crippen LogP contribution is 2.22. The predicted molar refractivity (Wildman–Crippen MR) is 70.4 cm³/mol. The van der Waals surface area contributed by atoms with Crippen LogP contribution in [0.5, 0.6) is 5.75 Å². The molecule has 5 heteroatoms. The Kier molecular flexibility index (Phi) is 4.89. The van der Waals surface area contributed by atoms with E-state index in [-0.39, 0.29) is 18.2 Å². The predicted octanol–water partition coefficient (Wildman–Crippen LogP) is 2.03. The van der Waals surface area contributed by atoms with Crippen molar-refractivity contribution in [1.82, 2.24) is 5.32 Å².